The van der Waals surface area contributed by atoms with Crippen LogP contribution >= 0.6 is 0 Å². The van der Waals surface area contributed by atoms with Crippen molar-refractivity contribution >= 4 is 22.8 Å². The molecule has 0 saturated carbocycles. The van der Waals surface area contributed by atoms with E-state index in [1.165, 1.54) is 12.1 Å². The second-order valence-electron chi connectivity index (χ2n) is 4.46. The third-order valence-corrected chi connectivity index (χ3v) is 2.93. The first-order chi connectivity index (χ1) is 10.0. The summed E-state index contributed by atoms with van der Waals surface area (Å²) in [6, 6.07) is 7.99. The normalized spacial score (nSPS) is 10.3. The smallest absolute Gasteiger partial charge is 0.323 e. The minimum absolute atomic E-state index is 0.0572. The average molecular weight is 286 g/mol. The van der Waals surface area contributed by atoms with Gasteiger partial charge in [0.15, 0.2) is 5.43 Å². The van der Waals surface area contributed by atoms with Gasteiger partial charge in [-0.3, -0.25) is 14.4 Å². The molecule has 0 aliphatic carbocycles. The third kappa shape index (κ3) is 3.17. The fourth-order valence-electron chi connectivity index (χ4n) is 2.02. The van der Waals surface area contributed by atoms with Gasteiger partial charge in [-0.2, -0.15) is 0 Å². The maximum absolute atomic E-state index is 12.3. The van der Waals surface area contributed by atoms with Gasteiger partial charge in [0.25, 0.3) is 5.91 Å². The number of amides is 1. The minimum Gasteiger partial charge on any atom is -0.480 e. The molecule has 2 aromatic rings. The number of pyridine rings is 1. The molecule has 0 saturated heterocycles. The van der Waals surface area contributed by atoms with E-state index >= 15 is 0 Å². The SMILES string of the molecule is C=CCN(CC(=O)O)C(=O)c1cc(=O)c2ccccc2[nH]1. The topological polar surface area (TPSA) is 90.5 Å². The van der Waals surface area contributed by atoms with E-state index in [0.29, 0.717) is 10.9 Å². The number of nitrogens with zero attached hydrogens (tertiary/aromatic N) is 1. The number of rotatable bonds is 5. The average Bonchev–Trinajstić information content (AvgIpc) is 2.45. The number of hydrogen-bond acceptors (Lipinski definition) is 3. The highest BCUT2D eigenvalue weighted by Gasteiger charge is 2.19. The maximum atomic E-state index is 12.3. The molecule has 6 heteroatoms. The summed E-state index contributed by atoms with van der Waals surface area (Å²) in [6.07, 6.45) is 1.43. The Hall–Kier alpha value is -2.89. The molecule has 0 aliphatic rings. The van der Waals surface area contributed by atoms with Crippen LogP contribution in [0.1, 0.15) is 10.5 Å². The van der Waals surface area contributed by atoms with Crippen LogP contribution in [0.4, 0.5) is 0 Å². The van der Waals surface area contributed by atoms with E-state index in [9.17, 15) is 14.4 Å². The summed E-state index contributed by atoms with van der Waals surface area (Å²) >= 11 is 0. The number of nitrogens with one attached hydrogen (secondary N) is 1. The van der Waals surface area contributed by atoms with Crippen molar-refractivity contribution < 1.29 is 14.7 Å². The Labute approximate surface area is 120 Å². The van der Waals surface area contributed by atoms with E-state index < -0.39 is 18.4 Å². The molecular weight excluding hydrogens is 272 g/mol. The molecule has 21 heavy (non-hydrogen) atoms. The molecule has 0 aliphatic heterocycles. The lowest BCUT2D eigenvalue weighted by Crippen LogP contribution is -2.36. The zero-order valence-corrected chi connectivity index (χ0v) is 11.2. The van der Waals surface area contributed by atoms with Crippen LogP contribution < -0.4 is 5.43 Å². The molecule has 6 nitrogen and oxygen atoms in total. The molecule has 108 valence electrons. The van der Waals surface area contributed by atoms with E-state index in [-0.39, 0.29) is 17.7 Å². The van der Waals surface area contributed by atoms with Crippen molar-refractivity contribution in [2.45, 2.75) is 0 Å². The number of aromatic nitrogens is 1. The Kier molecular flexibility index (Phi) is 4.18. The predicted molar refractivity (Wildman–Crippen MR) is 78.3 cm³/mol. The van der Waals surface area contributed by atoms with Gasteiger partial charge < -0.3 is 15.0 Å². The number of para-hydroxylation sites is 1. The second kappa shape index (κ2) is 6.04. The summed E-state index contributed by atoms with van der Waals surface area (Å²) in [7, 11) is 0. The predicted octanol–water partition coefficient (Wildman–Crippen LogP) is 1.24. The number of benzene rings is 1. The van der Waals surface area contributed by atoms with Crippen LogP contribution in [-0.2, 0) is 4.79 Å². The number of carboxylic acids is 1. The van der Waals surface area contributed by atoms with Crippen molar-refractivity contribution in [2.24, 2.45) is 0 Å². The highest BCUT2D eigenvalue weighted by Crippen LogP contribution is 2.09. The number of carbonyl (C=O) groups excluding carboxylic acids is 1. The number of aliphatic carboxylic acids is 1. The van der Waals surface area contributed by atoms with Gasteiger partial charge in [-0.15, -0.1) is 6.58 Å². The Balaban J connectivity index is 2.44. The summed E-state index contributed by atoms with van der Waals surface area (Å²) in [6.45, 7) is 3.12. The Bertz CT molecular complexity index is 764. The summed E-state index contributed by atoms with van der Waals surface area (Å²) in [4.78, 5) is 39.0. The Morgan fingerprint density at radius 3 is 2.71 bits per heavy atom. The number of carbonyl (C=O) groups is 2. The molecule has 2 rings (SSSR count). The summed E-state index contributed by atoms with van der Waals surface area (Å²) in [5, 5.41) is 9.31. The first-order valence-electron chi connectivity index (χ1n) is 6.27. The summed E-state index contributed by atoms with van der Waals surface area (Å²) < 4.78 is 0. The summed E-state index contributed by atoms with van der Waals surface area (Å²) in [5.41, 5.74) is 0.297. The highest BCUT2D eigenvalue weighted by molar-refractivity contribution is 5.96. The van der Waals surface area contributed by atoms with Crippen molar-refractivity contribution in [2.75, 3.05) is 13.1 Å². The molecule has 0 radical (unpaired) electrons. The zero-order valence-electron chi connectivity index (χ0n) is 11.2. The van der Waals surface area contributed by atoms with Crippen molar-refractivity contribution in [3.63, 3.8) is 0 Å². The maximum Gasteiger partial charge on any atom is 0.323 e. The van der Waals surface area contributed by atoms with E-state index in [2.05, 4.69) is 11.6 Å². The molecule has 0 unspecified atom stereocenters. The van der Waals surface area contributed by atoms with Gasteiger partial charge in [0.1, 0.15) is 12.2 Å². The molecule has 0 spiro atoms. The number of carboxylic acid groups (broad SMARTS) is 1. The third-order valence-electron chi connectivity index (χ3n) is 2.93. The standard InChI is InChI=1S/C15H14N2O4/c1-2-7-17(9-14(19)20)15(21)12-8-13(18)10-5-3-4-6-11(10)16-12/h2-6,8H,1,7,9H2,(H,16,18)(H,19,20). The molecule has 0 fully saturated rings. The minimum atomic E-state index is -1.13. The lowest BCUT2D eigenvalue weighted by atomic mass is 10.2. The molecule has 0 atom stereocenters. The molecular formula is C15H14N2O4. The quantitative estimate of drug-likeness (QED) is 0.809. The summed E-state index contributed by atoms with van der Waals surface area (Å²) in [5.74, 6) is -1.69. The van der Waals surface area contributed by atoms with Gasteiger partial charge in [-0.25, -0.2) is 0 Å². The lowest BCUT2D eigenvalue weighted by molar-refractivity contribution is -0.137. The van der Waals surface area contributed by atoms with Crippen molar-refractivity contribution in [3.8, 4) is 0 Å². The van der Waals surface area contributed by atoms with E-state index in [1.807, 2.05) is 0 Å². The largest absolute Gasteiger partial charge is 0.480 e. The molecule has 2 N–H and O–H groups in total. The first kappa shape index (κ1) is 14.5. The van der Waals surface area contributed by atoms with E-state index in [0.717, 1.165) is 4.90 Å². The van der Waals surface area contributed by atoms with Gasteiger partial charge in [0.2, 0.25) is 0 Å². The van der Waals surface area contributed by atoms with Crippen LogP contribution in [0.3, 0.4) is 0 Å². The van der Waals surface area contributed by atoms with Gasteiger partial charge in [-0.1, -0.05) is 18.2 Å². The molecule has 0 bridgehead atoms. The Morgan fingerprint density at radius 1 is 1.33 bits per heavy atom. The number of fused-ring (bicyclic) bond motifs is 1. The van der Waals surface area contributed by atoms with E-state index in [1.54, 1.807) is 24.3 Å². The van der Waals surface area contributed by atoms with Gasteiger partial charge in [0, 0.05) is 23.5 Å². The lowest BCUT2D eigenvalue weighted by Gasteiger charge is -2.18. The fourth-order valence-corrected chi connectivity index (χ4v) is 2.02. The van der Waals surface area contributed by atoms with Crippen molar-refractivity contribution in [1.29, 1.82) is 0 Å². The van der Waals surface area contributed by atoms with Crippen LogP contribution in [0.15, 0.2) is 47.8 Å². The molecule has 1 heterocycles. The Morgan fingerprint density at radius 2 is 2.05 bits per heavy atom. The van der Waals surface area contributed by atoms with Gasteiger partial charge >= 0.3 is 5.97 Å². The van der Waals surface area contributed by atoms with Crippen LogP contribution in [0.25, 0.3) is 10.9 Å². The fraction of sp³-hybridized carbons (Fsp3) is 0.133. The van der Waals surface area contributed by atoms with Crippen LogP contribution in [0.2, 0.25) is 0 Å². The molecule has 1 aromatic heterocycles. The van der Waals surface area contributed by atoms with Crippen molar-refractivity contribution in [1.82, 2.24) is 9.88 Å². The van der Waals surface area contributed by atoms with Crippen LogP contribution in [0.5, 0.6) is 0 Å². The first-order valence-corrected chi connectivity index (χ1v) is 6.27. The zero-order chi connectivity index (χ0) is 15.4. The van der Waals surface area contributed by atoms with Gasteiger partial charge in [0.05, 0.1) is 0 Å². The monoisotopic (exact) mass is 286 g/mol. The van der Waals surface area contributed by atoms with Crippen LogP contribution in [0, 0.1) is 0 Å². The highest BCUT2D eigenvalue weighted by atomic mass is 16.4. The molecule has 1 amide bonds. The number of H-pyrrole nitrogens is 1. The second-order valence-corrected chi connectivity index (χ2v) is 4.46. The van der Waals surface area contributed by atoms with Crippen LogP contribution in [-0.4, -0.2) is 40.0 Å². The number of hydrogen-bond donors (Lipinski definition) is 2. The van der Waals surface area contributed by atoms with Crippen molar-refractivity contribution in [3.05, 3.63) is 58.9 Å². The molecule has 1 aromatic carbocycles. The van der Waals surface area contributed by atoms with Gasteiger partial charge in [-0.05, 0) is 12.1 Å². The van der Waals surface area contributed by atoms with E-state index in [4.69, 9.17) is 5.11 Å². The number of aromatic amines is 1.